The molecule has 3 aromatic heterocycles. The molecule has 2 saturated heterocycles. The summed E-state index contributed by atoms with van der Waals surface area (Å²) in [7, 11) is 1.59. The summed E-state index contributed by atoms with van der Waals surface area (Å²) < 4.78 is 18.1. The summed E-state index contributed by atoms with van der Waals surface area (Å²) in [5.74, 6) is -0.409. The van der Waals surface area contributed by atoms with Crippen LogP contribution in [-0.2, 0) is 13.1 Å². The van der Waals surface area contributed by atoms with Crippen molar-refractivity contribution in [2.45, 2.75) is 83.6 Å². The number of halogens is 1. The molecule has 3 aliphatic rings. The third kappa shape index (κ3) is 7.13. The summed E-state index contributed by atoms with van der Waals surface area (Å²) in [5, 5.41) is 9.83. The maximum atomic E-state index is 15.9. The number of amides is 1. The highest BCUT2D eigenvalue weighted by Crippen LogP contribution is 2.39. The van der Waals surface area contributed by atoms with E-state index in [1.165, 1.54) is 11.0 Å². The molecule has 0 bridgehead atoms. The monoisotopic (exact) mass is 667 g/mol. The van der Waals surface area contributed by atoms with E-state index >= 15 is 4.39 Å². The topological polar surface area (TPSA) is 98.0 Å². The van der Waals surface area contributed by atoms with Gasteiger partial charge >= 0.3 is 6.09 Å². The maximum absolute atomic E-state index is 15.9. The molecule has 3 fully saturated rings. The fourth-order valence-electron chi connectivity index (χ4n) is 7.68. The first-order valence-electron chi connectivity index (χ1n) is 17.6. The van der Waals surface area contributed by atoms with Crippen molar-refractivity contribution in [2.24, 2.45) is 0 Å². The molecule has 5 heterocycles. The first-order chi connectivity index (χ1) is 23.6. The van der Waals surface area contributed by atoms with Crippen molar-refractivity contribution in [2.75, 3.05) is 43.0 Å². The SMILES string of the molecule is Cc1ccc(N2CCC[C@H](N(Cc3ccnc(C)c3)Cc3cn(C4CC4)c4cc(N5CCC(N(C)C(=O)O)CC5)c(F)cc4c3=O)C2)cn1. The molecule has 2 aliphatic heterocycles. The summed E-state index contributed by atoms with van der Waals surface area (Å²) in [6.07, 6.45) is 10.2. The number of pyridine rings is 3. The lowest BCUT2D eigenvalue weighted by Crippen LogP contribution is -2.48. The summed E-state index contributed by atoms with van der Waals surface area (Å²) >= 11 is 0. The minimum Gasteiger partial charge on any atom is -0.465 e. The third-order valence-corrected chi connectivity index (χ3v) is 10.7. The van der Waals surface area contributed by atoms with Crippen LogP contribution < -0.4 is 15.2 Å². The molecule has 1 aromatic carbocycles. The van der Waals surface area contributed by atoms with E-state index < -0.39 is 11.9 Å². The number of hydrogen-bond acceptors (Lipinski definition) is 7. The van der Waals surface area contributed by atoms with Gasteiger partial charge in [0, 0.05) is 99.2 Å². The largest absolute Gasteiger partial charge is 0.465 e. The molecule has 1 N–H and O–H groups in total. The van der Waals surface area contributed by atoms with Gasteiger partial charge in [0.15, 0.2) is 5.43 Å². The molecule has 4 aromatic rings. The molecule has 1 aliphatic carbocycles. The predicted molar refractivity (Wildman–Crippen MR) is 190 cm³/mol. The van der Waals surface area contributed by atoms with Gasteiger partial charge in [0.25, 0.3) is 0 Å². The van der Waals surface area contributed by atoms with Gasteiger partial charge in [-0.1, -0.05) is 0 Å². The summed E-state index contributed by atoms with van der Waals surface area (Å²) in [5.41, 5.74) is 6.03. The van der Waals surface area contributed by atoms with Gasteiger partial charge in [-0.25, -0.2) is 9.18 Å². The number of benzene rings is 1. The molecule has 258 valence electrons. The zero-order chi connectivity index (χ0) is 34.2. The maximum Gasteiger partial charge on any atom is 0.407 e. The van der Waals surface area contributed by atoms with Gasteiger partial charge in [-0.3, -0.25) is 19.7 Å². The van der Waals surface area contributed by atoms with Gasteiger partial charge in [0.2, 0.25) is 0 Å². The van der Waals surface area contributed by atoms with Crippen LogP contribution >= 0.6 is 0 Å². The molecule has 11 heteroatoms. The Morgan fingerprint density at radius 3 is 2.43 bits per heavy atom. The fourth-order valence-corrected chi connectivity index (χ4v) is 7.68. The molecule has 0 spiro atoms. The minimum absolute atomic E-state index is 0.0896. The van der Waals surface area contributed by atoms with Crippen molar-refractivity contribution in [3.05, 3.63) is 93.5 Å². The number of aryl methyl sites for hydroxylation is 2. The Morgan fingerprint density at radius 2 is 1.73 bits per heavy atom. The van der Waals surface area contributed by atoms with Crippen LogP contribution in [0.4, 0.5) is 20.6 Å². The number of anilines is 2. The highest BCUT2D eigenvalue weighted by molar-refractivity contribution is 5.84. The number of piperidine rings is 2. The second-order valence-corrected chi connectivity index (χ2v) is 14.2. The van der Waals surface area contributed by atoms with Crippen molar-refractivity contribution in [1.82, 2.24) is 24.3 Å². The lowest BCUT2D eigenvalue weighted by atomic mass is 10.0. The number of hydrogen-bond donors (Lipinski definition) is 1. The van der Waals surface area contributed by atoms with Crippen LogP contribution in [0.5, 0.6) is 0 Å². The summed E-state index contributed by atoms with van der Waals surface area (Å²) in [6, 6.07) is 12.0. The van der Waals surface area contributed by atoms with Crippen LogP contribution in [0.3, 0.4) is 0 Å². The molecular weight excluding hydrogens is 621 g/mol. The zero-order valence-electron chi connectivity index (χ0n) is 28.7. The van der Waals surface area contributed by atoms with Crippen LogP contribution in [0.2, 0.25) is 0 Å². The Labute approximate surface area is 286 Å². The van der Waals surface area contributed by atoms with E-state index in [2.05, 4.69) is 42.5 Å². The van der Waals surface area contributed by atoms with Crippen molar-refractivity contribution >= 4 is 28.4 Å². The molecule has 1 saturated carbocycles. The number of fused-ring (bicyclic) bond motifs is 1. The highest BCUT2D eigenvalue weighted by Gasteiger charge is 2.31. The number of carboxylic acid groups (broad SMARTS) is 1. The van der Waals surface area contributed by atoms with E-state index in [1.807, 2.05) is 49.5 Å². The molecular formula is C38H46FN7O3. The molecule has 7 rings (SSSR count). The van der Waals surface area contributed by atoms with Crippen LogP contribution in [0.25, 0.3) is 10.9 Å². The van der Waals surface area contributed by atoms with Gasteiger partial charge in [-0.2, -0.15) is 0 Å². The fraction of sp³-hybridized carbons (Fsp3) is 0.474. The van der Waals surface area contributed by atoms with Crippen molar-refractivity contribution in [1.29, 1.82) is 0 Å². The first-order valence-corrected chi connectivity index (χ1v) is 17.6. The van der Waals surface area contributed by atoms with Gasteiger partial charge in [-0.15, -0.1) is 0 Å². The van der Waals surface area contributed by atoms with E-state index in [0.29, 0.717) is 55.7 Å². The molecule has 0 radical (unpaired) electrons. The van der Waals surface area contributed by atoms with Crippen LogP contribution in [0.1, 0.15) is 67.1 Å². The van der Waals surface area contributed by atoms with Gasteiger partial charge in [0.1, 0.15) is 5.82 Å². The zero-order valence-corrected chi connectivity index (χ0v) is 28.7. The molecule has 10 nitrogen and oxygen atoms in total. The number of aromatic nitrogens is 3. The van der Waals surface area contributed by atoms with Gasteiger partial charge in [-0.05, 0) is 94.3 Å². The van der Waals surface area contributed by atoms with E-state index in [4.69, 9.17) is 0 Å². The first kappa shape index (κ1) is 33.0. The Morgan fingerprint density at radius 1 is 0.939 bits per heavy atom. The Bertz CT molecular complexity index is 1890. The Hall–Kier alpha value is -4.51. The number of rotatable bonds is 9. The lowest BCUT2D eigenvalue weighted by molar-refractivity contribution is 0.131. The van der Waals surface area contributed by atoms with Crippen LogP contribution in [0, 0.1) is 19.7 Å². The third-order valence-electron chi connectivity index (χ3n) is 10.7. The van der Waals surface area contributed by atoms with Crippen LogP contribution in [-0.4, -0.2) is 80.8 Å². The summed E-state index contributed by atoms with van der Waals surface area (Å²) in [4.78, 5) is 42.9. The van der Waals surface area contributed by atoms with Crippen molar-refractivity contribution in [3.8, 4) is 0 Å². The van der Waals surface area contributed by atoms with E-state index in [1.54, 1.807) is 7.05 Å². The van der Waals surface area contributed by atoms with Crippen molar-refractivity contribution in [3.63, 3.8) is 0 Å². The highest BCUT2D eigenvalue weighted by atomic mass is 19.1. The Kier molecular flexibility index (Phi) is 9.28. The van der Waals surface area contributed by atoms with Gasteiger partial charge < -0.3 is 24.4 Å². The predicted octanol–water partition coefficient (Wildman–Crippen LogP) is 6.13. The van der Waals surface area contributed by atoms with Crippen LogP contribution in [0.15, 0.2) is 59.8 Å². The van der Waals surface area contributed by atoms with E-state index in [9.17, 15) is 14.7 Å². The van der Waals surface area contributed by atoms with E-state index in [0.717, 1.165) is 66.9 Å². The number of nitrogens with zero attached hydrogens (tertiary/aromatic N) is 7. The average Bonchev–Trinajstić information content (AvgIpc) is 3.95. The molecule has 0 unspecified atom stereocenters. The van der Waals surface area contributed by atoms with E-state index in [-0.39, 0.29) is 23.6 Å². The normalized spacial score (nSPS) is 18.8. The van der Waals surface area contributed by atoms with Crippen molar-refractivity contribution < 1.29 is 14.3 Å². The second kappa shape index (κ2) is 13.8. The Balaban J connectivity index is 1.20. The second-order valence-electron chi connectivity index (χ2n) is 14.2. The molecule has 1 atom stereocenters. The lowest BCUT2D eigenvalue weighted by Gasteiger charge is -2.40. The standard InChI is InChI=1S/C38H46FN7O3/c1-25-6-7-31(20-41-25)44-14-4-5-32(24-44)45(21-27-10-13-40-26(2)17-27)22-28-23-46(30-8-9-30)35-19-36(34(39)18-33(35)37(28)47)43-15-11-29(12-16-43)42(3)38(48)49/h6-7,10,13,17-20,23,29-30,32H,4-5,8-9,11-12,14-16,21-22,24H2,1-3H3,(H,48,49)/t32-/m0/s1. The molecule has 49 heavy (non-hydrogen) atoms. The smallest absolute Gasteiger partial charge is 0.407 e. The quantitative estimate of drug-likeness (QED) is 0.228. The minimum atomic E-state index is -0.946. The number of carbonyl (C=O) groups is 1. The van der Waals surface area contributed by atoms with Gasteiger partial charge in [0.05, 0.1) is 23.1 Å². The average molecular weight is 668 g/mol. The molecule has 1 amide bonds. The summed E-state index contributed by atoms with van der Waals surface area (Å²) in [6.45, 7) is 8.03.